The molecule has 1 aliphatic heterocycles. The summed E-state index contributed by atoms with van der Waals surface area (Å²) in [6, 6.07) is 0. The number of rotatable bonds is 5. The number of aliphatic hydroxyl groups is 1. The molecule has 15 heavy (non-hydrogen) atoms. The standard InChI is InChI=1S/C11H24N2O2/c1-3-15-10-5-4-6-13(7-10)8-11(2,12)9-14/h10,14H,3-9,12H2,1-2H3. The van der Waals surface area contributed by atoms with E-state index in [0.29, 0.717) is 6.10 Å². The van der Waals surface area contributed by atoms with E-state index in [1.807, 2.05) is 13.8 Å². The van der Waals surface area contributed by atoms with Crippen LogP contribution in [0.25, 0.3) is 0 Å². The van der Waals surface area contributed by atoms with E-state index < -0.39 is 5.54 Å². The van der Waals surface area contributed by atoms with Gasteiger partial charge in [-0.15, -0.1) is 0 Å². The molecule has 1 rings (SSSR count). The minimum atomic E-state index is -0.492. The number of piperidine rings is 1. The van der Waals surface area contributed by atoms with E-state index in [1.54, 1.807) is 0 Å². The van der Waals surface area contributed by atoms with E-state index in [-0.39, 0.29) is 6.61 Å². The van der Waals surface area contributed by atoms with Crippen molar-refractivity contribution in [2.75, 3.05) is 32.8 Å². The lowest BCUT2D eigenvalue weighted by Crippen LogP contribution is -2.53. The van der Waals surface area contributed by atoms with Crippen molar-refractivity contribution in [3.05, 3.63) is 0 Å². The van der Waals surface area contributed by atoms with Crippen molar-refractivity contribution in [2.24, 2.45) is 5.73 Å². The second kappa shape index (κ2) is 5.80. The summed E-state index contributed by atoms with van der Waals surface area (Å²) in [7, 11) is 0. The van der Waals surface area contributed by atoms with Crippen LogP contribution in [-0.2, 0) is 4.74 Å². The molecule has 0 bridgehead atoms. The fourth-order valence-corrected chi connectivity index (χ4v) is 2.09. The van der Waals surface area contributed by atoms with Gasteiger partial charge in [-0.05, 0) is 33.2 Å². The number of ether oxygens (including phenoxy) is 1. The minimum absolute atomic E-state index is 0.0306. The fourth-order valence-electron chi connectivity index (χ4n) is 2.09. The molecule has 90 valence electrons. The number of hydrogen-bond donors (Lipinski definition) is 2. The highest BCUT2D eigenvalue weighted by atomic mass is 16.5. The zero-order valence-corrected chi connectivity index (χ0v) is 9.91. The highest BCUT2D eigenvalue weighted by Gasteiger charge is 2.26. The molecule has 1 fully saturated rings. The molecule has 1 heterocycles. The smallest absolute Gasteiger partial charge is 0.0702 e. The van der Waals surface area contributed by atoms with Gasteiger partial charge >= 0.3 is 0 Å². The highest BCUT2D eigenvalue weighted by Crippen LogP contribution is 2.15. The molecule has 1 aliphatic rings. The Morgan fingerprint density at radius 3 is 2.93 bits per heavy atom. The summed E-state index contributed by atoms with van der Waals surface area (Å²) in [5.74, 6) is 0. The van der Waals surface area contributed by atoms with Gasteiger partial charge in [0.05, 0.1) is 12.7 Å². The van der Waals surface area contributed by atoms with Crippen molar-refractivity contribution in [3.63, 3.8) is 0 Å². The number of likely N-dealkylation sites (tertiary alicyclic amines) is 1. The molecule has 1 saturated heterocycles. The second-order valence-electron chi connectivity index (χ2n) is 4.77. The van der Waals surface area contributed by atoms with Crippen molar-refractivity contribution < 1.29 is 9.84 Å². The summed E-state index contributed by atoms with van der Waals surface area (Å²) in [4.78, 5) is 2.29. The number of nitrogens with two attached hydrogens (primary N) is 1. The molecular formula is C11H24N2O2. The molecule has 0 saturated carbocycles. The Balaban J connectivity index is 2.36. The second-order valence-corrected chi connectivity index (χ2v) is 4.77. The first-order valence-electron chi connectivity index (χ1n) is 5.81. The van der Waals surface area contributed by atoms with E-state index in [4.69, 9.17) is 15.6 Å². The predicted molar refractivity (Wildman–Crippen MR) is 60.8 cm³/mol. The average Bonchev–Trinajstić information content (AvgIpc) is 2.18. The molecule has 0 aromatic heterocycles. The van der Waals surface area contributed by atoms with E-state index in [1.165, 1.54) is 0 Å². The van der Waals surface area contributed by atoms with E-state index >= 15 is 0 Å². The summed E-state index contributed by atoms with van der Waals surface area (Å²) in [5.41, 5.74) is 5.44. The van der Waals surface area contributed by atoms with Gasteiger partial charge in [0.25, 0.3) is 0 Å². The Labute approximate surface area is 92.4 Å². The zero-order valence-electron chi connectivity index (χ0n) is 9.91. The van der Waals surface area contributed by atoms with Crippen LogP contribution in [0, 0.1) is 0 Å². The fraction of sp³-hybridized carbons (Fsp3) is 1.00. The SMILES string of the molecule is CCOC1CCCN(CC(C)(N)CO)C1. The van der Waals surface area contributed by atoms with Gasteiger partial charge < -0.3 is 15.6 Å². The number of nitrogens with zero attached hydrogens (tertiary/aromatic N) is 1. The Hall–Kier alpha value is -0.160. The molecule has 0 amide bonds. The third kappa shape index (κ3) is 4.47. The van der Waals surface area contributed by atoms with Crippen LogP contribution in [0.15, 0.2) is 0 Å². The summed E-state index contributed by atoms with van der Waals surface area (Å²) in [6.45, 7) is 7.47. The van der Waals surface area contributed by atoms with Crippen LogP contribution in [0.2, 0.25) is 0 Å². The van der Waals surface area contributed by atoms with E-state index in [2.05, 4.69) is 4.90 Å². The third-order valence-electron chi connectivity index (χ3n) is 2.81. The maximum atomic E-state index is 9.11. The minimum Gasteiger partial charge on any atom is -0.394 e. The van der Waals surface area contributed by atoms with Crippen LogP contribution < -0.4 is 5.73 Å². The first-order valence-corrected chi connectivity index (χ1v) is 5.81. The van der Waals surface area contributed by atoms with Gasteiger partial charge in [-0.25, -0.2) is 0 Å². The normalized spacial score (nSPS) is 27.6. The van der Waals surface area contributed by atoms with Crippen LogP contribution in [0.3, 0.4) is 0 Å². The summed E-state index contributed by atoms with van der Waals surface area (Å²) in [6.07, 6.45) is 2.65. The first-order chi connectivity index (χ1) is 7.07. The van der Waals surface area contributed by atoms with Crippen LogP contribution in [0.1, 0.15) is 26.7 Å². The van der Waals surface area contributed by atoms with Gasteiger partial charge in [-0.2, -0.15) is 0 Å². The molecular weight excluding hydrogens is 192 g/mol. The van der Waals surface area contributed by atoms with Crippen molar-refractivity contribution in [3.8, 4) is 0 Å². The lowest BCUT2D eigenvalue weighted by molar-refractivity contribution is -0.00216. The molecule has 3 N–H and O–H groups in total. The lowest BCUT2D eigenvalue weighted by atomic mass is 10.0. The monoisotopic (exact) mass is 216 g/mol. The van der Waals surface area contributed by atoms with Crippen molar-refractivity contribution in [2.45, 2.75) is 38.3 Å². The Kier molecular flexibility index (Phi) is 4.99. The van der Waals surface area contributed by atoms with Crippen LogP contribution in [0.5, 0.6) is 0 Å². The quantitative estimate of drug-likeness (QED) is 0.689. The molecule has 0 aromatic rings. The molecule has 0 aliphatic carbocycles. The van der Waals surface area contributed by atoms with Crippen LogP contribution >= 0.6 is 0 Å². The third-order valence-corrected chi connectivity index (χ3v) is 2.81. The van der Waals surface area contributed by atoms with Gasteiger partial charge in [0, 0.05) is 25.2 Å². The van der Waals surface area contributed by atoms with Gasteiger partial charge in [-0.1, -0.05) is 0 Å². The van der Waals surface area contributed by atoms with Crippen molar-refractivity contribution in [1.82, 2.24) is 4.90 Å². The van der Waals surface area contributed by atoms with Gasteiger partial charge in [0.15, 0.2) is 0 Å². The van der Waals surface area contributed by atoms with Crippen LogP contribution in [-0.4, -0.2) is 54.5 Å². The number of aliphatic hydroxyl groups excluding tert-OH is 1. The highest BCUT2D eigenvalue weighted by molar-refractivity contribution is 4.84. The summed E-state index contributed by atoms with van der Waals surface area (Å²) < 4.78 is 5.62. The Morgan fingerprint density at radius 1 is 1.60 bits per heavy atom. The number of hydrogen-bond acceptors (Lipinski definition) is 4. The largest absolute Gasteiger partial charge is 0.394 e. The Morgan fingerprint density at radius 2 is 2.33 bits per heavy atom. The molecule has 0 aromatic carbocycles. The molecule has 2 unspecified atom stereocenters. The summed E-state index contributed by atoms with van der Waals surface area (Å²) in [5, 5.41) is 9.11. The summed E-state index contributed by atoms with van der Waals surface area (Å²) >= 11 is 0. The maximum absolute atomic E-state index is 9.11. The molecule has 2 atom stereocenters. The Bertz CT molecular complexity index is 183. The molecule has 4 nitrogen and oxygen atoms in total. The average molecular weight is 216 g/mol. The van der Waals surface area contributed by atoms with E-state index in [0.717, 1.165) is 39.1 Å². The first kappa shape index (κ1) is 12.9. The van der Waals surface area contributed by atoms with Crippen molar-refractivity contribution >= 4 is 0 Å². The predicted octanol–water partition coefficient (Wildman–Crippen LogP) is 0.197. The van der Waals surface area contributed by atoms with Gasteiger partial charge in [-0.3, -0.25) is 4.90 Å². The topological polar surface area (TPSA) is 58.7 Å². The molecule has 0 radical (unpaired) electrons. The van der Waals surface area contributed by atoms with Gasteiger partial charge in [0.2, 0.25) is 0 Å². The maximum Gasteiger partial charge on any atom is 0.0702 e. The van der Waals surface area contributed by atoms with Gasteiger partial charge in [0.1, 0.15) is 0 Å². The zero-order chi connectivity index (χ0) is 11.3. The van der Waals surface area contributed by atoms with Crippen molar-refractivity contribution in [1.29, 1.82) is 0 Å². The lowest BCUT2D eigenvalue weighted by Gasteiger charge is -2.36. The molecule has 0 spiro atoms. The molecule has 4 heteroatoms. The van der Waals surface area contributed by atoms with E-state index in [9.17, 15) is 0 Å². The van der Waals surface area contributed by atoms with Crippen LogP contribution in [0.4, 0.5) is 0 Å².